The van der Waals surface area contributed by atoms with E-state index in [1.54, 1.807) is 0 Å². The fourth-order valence-electron chi connectivity index (χ4n) is 3.60. The molecule has 2 nitrogen and oxygen atoms in total. The van der Waals surface area contributed by atoms with Crippen LogP contribution in [0.3, 0.4) is 0 Å². The van der Waals surface area contributed by atoms with Crippen molar-refractivity contribution in [1.29, 1.82) is 0 Å². The summed E-state index contributed by atoms with van der Waals surface area (Å²) < 4.78 is 12.8. The van der Waals surface area contributed by atoms with Gasteiger partial charge in [0.05, 0.1) is 0 Å². The molecule has 0 spiro atoms. The van der Waals surface area contributed by atoms with Crippen molar-refractivity contribution >= 4 is 18.7 Å². The number of hydrogen-bond donors (Lipinski definition) is 0. The molecule has 3 heteroatoms. The number of para-hydroxylation sites is 2. The van der Waals surface area contributed by atoms with Gasteiger partial charge in [0.15, 0.2) is 0 Å². The third kappa shape index (κ3) is 3.25. The van der Waals surface area contributed by atoms with Crippen molar-refractivity contribution in [3.63, 3.8) is 0 Å². The molecule has 0 bridgehead atoms. The molecule has 1 saturated heterocycles. The zero-order valence-corrected chi connectivity index (χ0v) is 15.2. The average molecular weight is 347 g/mol. The van der Waals surface area contributed by atoms with Crippen molar-refractivity contribution in [2.45, 2.75) is 18.9 Å². The fraction of sp³-hybridized carbons (Fsp3) is 0.182. The van der Waals surface area contributed by atoms with E-state index in [2.05, 4.69) is 48.5 Å². The fourth-order valence-corrected chi connectivity index (χ4v) is 7.81. The van der Waals surface area contributed by atoms with Crippen LogP contribution in [0.5, 0.6) is 11.5 Å². The smallest absolute Gasteiger partial charge is 0.259 e. The van der Waals surface area contributed by atoms with Gasteiger partial charge in [-0.05, 0) is 35.9 Å². The first-order chi connectivity index (χ1) is 12.4. The van der Waals surface area contributed by atoms with Gasteiger partial charge in [-0.15, -0.1) is 0 Å². The summed E-state index contributed by atoms with van der Waals surface area (Å²) in [5.41, 5.74) is 0. The second kappa shape index (κ2) is 7.26. The van der Waals surface area contributed by atoms with Crippen molar-refractivity contribution in [2.75, 3.05) is 6.61 Å². The van der Waals surface area contributed by atoms with Gasteiger partial charge in [0, 0.05) is 11.8 Å². The maximum atomic E-state index is 6.57. The summed E-state index contributed by atoms with van der Waals surface area (Å²) >= 11 is 0. The lowest BCUT2D eigenvalue weighted by molar-refractivity contribution is 0.283. The number of hydrogen-bond acceptors (Lipinski definition) is 2. The Bertz CT molecular complexity index is 812. The molecule has 0 saturated carbocycles. The molecule has 0 radical (unpaired) electrons. The molecule has 25 heavy (non-hydrogen) atoms. The van der Waals surface area contributed by atoms with Gasteiger partial charge in [-0.3, -0.25) is 0 Å². The maximum absolute atomic E-state index is 6.57. The molecule has 0 aromatic heterocycles. The van der Waals surface area contributed by atoms with Gasteiger partial charge in [0.25, 0.3) is 8.32 Å². The first kappa shape index (κ1) is 16.1. The molecule has 1 atom stereocenters. The van der Waals surface area contributed by atoms with Gasteiger partial charge >= 0.3 is 0 Å². The van der Waals surface area contributed by atoms with Crippen LogP contribution in [0.2, 0.25) is 6.04 Å². The number of ether oxygens (including phenoxy) is 1. The lowest BCUT2D eigenvalue weighted by Gasteiger charge is -2.36. The summed E-state index contributed by atoms with van der Waals surface area (Å²) in [7, 11) is -2.26. The molecular weight excluding hydrogens is 324 g/mol. The van der Waals surface area contributed by atoms with Gasteiger partial charge in [0.1, 0.15) is 11.5 Å². The van der Waals surface area contributed by atoms with E-state index >= 15 is 0 Å². The van der Waals surface area contributed by atoms with Gasteiger partial charge < -0.3 is 9.16 Å². The summed E-state index contributed by atoms with van der Waals surface area (Å²) in [6, 6.07) is 30.2. The third-order valence-electron chi connectivity index (χ3n) is 4.80. The summed E-state index contributed by atoms with van der Waals surface area (Å²) in [4.78, 5) is 0. The van der Waals surface area contributed by atoms with E-state index in [0.29, 0.717) is 0 Å². The van der Waals surface area contributed by atoms with Crippen molar-refractivity contribution in [1.82, 2.24) is 0 Å². The first-order valence-electron chi connectivity index (χ1n) is 8.90. The zero-order chi connectivity index (χ0) is 17.0. The van der Waals surface area contributed by atoms with Crippen LogP contribution in [-0.4, -0.2) is 14.9 Å². The van der Waals surface area contributed by atoms with Crippen molar-refractivity contribution in [3.8, 4) is 11.5 Å². The lowest BCUT2D eigenvalue weighted by atomic mass is 10.3. The van der Waals surface area contributed by atoms with E-state index in [-0.39, 0.29) is 0 Å². The Morgan fingerprint density at radius 2 is 1.40 bits per heavy atom. The SMILES string of the molecule is c1ccc(Oc2ccccc2[Si]2(c3ccccc3)CCCCO2)cc1. The average Bonchev–Trinajstić information content (AvgIpc) is 2.70. The highest BCUT2D eigenvalue weighted by atomic mass is 28.4. The summed E-state index contributed by atoms with van der Waals surface area (Å²) in [5.74, 6) is 1.79. The van der Waals surface area contributed by atoms with Crippen molar-refractivity contribution in [2.24, 2.45) is 0 Å². The van der Waals surface area contributed by atoms with Gasteiger partial charge in [-0.25, -0.2) is 0 Å². The molecule has 1 fully saturated rings. The molecule has 0 aliphatic carbocycles. The zero-order valence-electron chi connectivity index (χ0n) is 14.2. The van der Waals surface area contributed by atoms with E-state index in [1.807, 2.05) is 36.4 Å². The molecule has 1 unspecified atom stereocenters. The van der Waals surface area contributed by atoms with Crippen LogP contribution in [0.4, 0.5) is 0 Å². The van der Waals surface area contributed by atoms with Crippen molar-refractivity contribution < 1.29 is 9.16 Å². The molecule has 1 aliphatic heterocycles. The van der Waals surface area contributed by atoms with Crippen molar-refractivity contribution in [3.05, 3.63) is 84.9 Å². The minimum Gasteiger partial charge on any atom is -0.457 e. The molecule has 3 aromatic rings. The largest absolute Gasteiger partial charge is 0.457 e. The monoisotopic (exact) mass is 346 g/mol. The van der Waals surface area contributed by atoms with E-state index in [0.717, 1.165) is 30.6 Å². The van der Waals surface area contributed by atoms with Gasteiger partial charge in [-0.1, -0.05) is 73.2 Å². The Balaban J connectivity index is 1.80. The Labute approximate surface area is 150 Å². The van der Waals surface area contributed by atoms with Crippen LogP contribution in [0.15, 0.2) is 84.9 Å². The predicted molar refractivity (Wildman–Crippen MR) is 104 cm³/mol. The van der Waals surface area contributed by atoms with E-state index < -0.39 is 8.32 Å². The van der Waals surface area contributed by atoms with Crippen LogP contribution < -0.4 is 15.1 Å². The quantitative estimate of drug-likeness (QED) is 0.654. The Morgan fingerprint density at radius 3 is 2.12 bits per heavy atom. The summed E-state index contributed by atoms with van der Waals surface area (Å²) in [5, 5.41) is 2.57. The molecule has 1 aliphatic rings. The van der Waals surface area contributed by atoms with Crippen LogP contribution in [0.25, 0.3) is 0 Å². The van der Waals surface area contributed by atoms with Gasteiger partial charge in [-0.2, -0.15) is 0 Å². The van der Waals surface area contributed by atoms with Crippen LogP contribution in [-0.2, 0) is 4.43 Å². The van der Waals surface area contributed by atoms with E-state index in [1.165, 1.54) is 16.8 Å². The maximum Gasteiger partial charge on any atom is 0.259 e. The van der Waals surface area contributed by atoms with Crippen LogP contribution in [0, 0.1) is 0 Å². The number of rotatable bonds is 4. The summed E-state index contributed by atoms with van der Waals surface area (Å²) in [6.45, 7) is 0.834. The molecule has 1 heterocycles. The minimum atomic E-state index is -2.26. The minimum absolute atomic E-state index is 0.834. The molecule has 0 amide bonds. The Hall–Kier alpha value is -2.36. The summed E-state index contributed by atoms with van der Waals surface area (Å²) in [6.07, 6.45) is 2.35. The Kier molecular flexibility index (Phi) is 4.68. The third-order valence-corrected chi connectivity index (χ3v) is 9.11. The molecule has 3 aromatic carbocycles. The highest BCUT2D eigenvalue weighted by Crippen LogP contribution is 2.28. The second-order valence-corrected chi connectivity index (χ2v) is 9.97. The standard InChI is InChI=1S/C22H22O2Si/c1-3-11-19(12-4-1)24-21-15-7-8-16-22(21)25(18-10-9-17-23-25)20-13-5-2-6-14-20/h1-8,11-16H,9-10,17-18H2. The van der Waals surface area contributed by atoms with Crippen LogP contribution in [0.1, 0.15) is 12.8 Å². The lowest BCUT2D eigenvalue weighted by Crippen LogP contribution is -2.62. The number of benzene rings is 3. The van der Waals surface area contributed by atoms with E-state index in [9.17, 15) is 0 Å². The molecular formula is C22H22O2Si. The Morgan fingerprint density at radius 1 is 0.720 bits per heavy atom. The normalized spacial score (nSPS) is 20.2. The van der Waals surface area contributed by atoms with Crippen LogP contribution >= 0.6 is 0 Å². The second-order valence-electron chi connectivity index (χ2n) is 6.41. The molecule has 0 N–H and O–H groups in total. The van der Waals surface area contributed by atoms with Gasteiger partial charge in [0.2, 0.25) is 0 Å². The molecule has 126 valence electrons. The highest BCUT2D eigenvalue weighted by Gasteiger charge is 2.43. The molecule has 4 rings (SSSR count). The first-order valence-corrected chi connectivity index (χ1v) is 11.0. The van der Waals surface area contributed by atoms with E-state index in [4.69, 9.17) is 9.16 Å². The topological polar surface area (TPSA) is 18.5 Å². The highest BCUT2D eigenvalue weighted by molar-refractivity contribution is 6.98. The predicted octanol–water partition coefficient (Wildman–Crippen LogP) is 4.35.